The topological polar surface area (TPSA) is 74.3 Å². The monoisotopic (exact) mass is 402 g/mol. The van der Waals surface area contributed by atoms with Gasteiger partial charge in [0.2, 0.25) is 11.8 Å². The zero-order valence-electron chi connectivity index (χ0n) is 15.4. The third kappa shape index (κ3) is 6.17. The van der Waals surface area contributed by atoms with Gasteiger partial charge in [-0.3, -0.25) is 9.59 Å². The van der Waals surface area contributed by atoms with Crippen LogP contribution in [0.4, 0.5) is 18.3 Å². The fraction of sp³-hybridized carbons (Fsp3) is 0.471. The molecule has 0 saturated carbocycles. The maximum Gasteiger partial charge on any atom is 0.416 e. The Hall–Kier alpha value is -2.20. The van der Waals surface area contributed by atoms with E-state index in [9.17, 15) is 22.8 Å². The van der Waals surface area contributed by atoms with Crippen LogP contribution in [0.1, 0.15) is 26.3 Å². The molecule has 1 heterocycles. The second kappa shape index (κ2) is 7.81. The van der Waals surface area contributed by atoms with Gasteiger partial charge in [-0.2, -0.15) is 13.2 Å². The van der Waals surface area contributed by atoms with Crippen LogP contribution in [0.25, 0.3) is 10.2 Å². The second-order valence-corrected chi connectivity index (χ2v) is 8.13. The summed E-state index contributed by atoms with van der Waals surface area (Å²) in [4.78, 5) is 29.5. The summed E-state index contributed by atoms with van der Waals surface area (Å²) in [6.45, 7) is 5.67. The number of aromatic nitrogens is 1. The van der Waals surface area contributed by atoms with Crippen LogP contribution in [0.2, 0.25) is 0 Å². The number of anilines is 1. The van der Waals surface area contributed by atoms with E-state index in [0.29, 0.717) is 10.2 Å². The maximum atomic E-state index is 12.8. The van der Waals surface area contributed by atoms with Gasteiger partial charge >= 0.3 is 6.18 Å². The number of thiazole rings is 1. The van der Waals surface area contributed by atoms with Crippen molar-refractivity contribution in [3.8, 4) is 0 Å². The number of alkyl halides is 3. The highest BCUT2D eigenvalue weighted by Gasteiger charge is 2.30. The first-order valence-corrected chi connectivity index (χ1v) is 8.93. The summed E-state index contributed by atoms with van der Waals surface area (Å²) in [7, 11) is 1.50. The van der Waals surface area contributed by atoms with Gasteiger partial charge in [0.1, 0.15) is 0 Å². The molecule has 1 aromatic heterocycles. The fourth-order valence-electron chi connectivity index (χ4n) is 2.09. The number of amides is 2. The minimum absolute atomic E-state index is 0.0919. The molecule has 0 aliphatic carbocycles. The zero-order valence-corrected chi connectivity index (χ0v) is 16.2. The lowest BCUT2D eigenvalue weighted by molar-refractivity contribution is -0.137. The van der Waals surface area contributed by atoms with Gasteiger partial charge < -0.3 is 15.5 Å². The van der Waals surface area contributed by atoms with E-state index >= 15 is 0 Å². The molecular formula is C17H21F3N4O2S. The van der Waals surface area contributed by atoms with Crippen molar-refractivity contribution in [3.63, 3.8) is 0 Å². The number of rotatable bonds is 5. The Morgan fingerprint density at radius 2 is 1.89 bits per heavy atom. The minimum atomic E-state index is -4.44. The maximum absolute atomic E-state index is 12.8. The molecule has 2 N–H and O–H groups in total. The summed E-state index contributed by atoms with van der Waals surface area (Å²) >= 11 is 0.946. The van der Waals surface area contributed by atoms with Crippen molar-refractivity contribution in [2.75, 3.05) is 25.5 Å². The highest BCUT2D eigenvalue weighted by Crippen LogP contribution is 2.34. The molecule has 0 unspecified atom stereocenters. The largest absolute Gasteiger partial charge is 0.416 e. The molecule has 0 bridgehead atoms. The summed E-state index contributed by atoms with van der Waals surface area (Å²) in [5.41, 5.74) is -0.634. The Labute approximate surface area is 158 Å². The number of carbonyl (C=O) groups is 2. The molecule has 10 heteroatoms. The number of halogens is 3. The van der Waals surface area contributed by atoms with Crippen LogP contribution in [-0.2, 0) is 15.8 Å². The SMILES string of the molecule is CN(CC(=O)Nc1nc2ccc(C(F)(F)F)cc2s1)C(=O)CNC(C)(C)C. The summed E-state index contributed by atoms with van der Waals surface area (Å²) in [6.07, 6.45) is -4.44. The average Bonchev–Trinajstić information content (AvgIpc) is 2.91. The molecular weight excluding hydrogens is 381 g/mol. The molecule has 1 aromatic carbocycles. The van der Waals surface area contributed by atoms with Crippen LogP contribution in [0.15, 0.2) is 18.2 Å². The quantitative estimate of drug-likeness (QED) is 0.806. The van der Waals surface area contributed by atoms with E-state index in [1.165, 1.54) is 18.0 Å². The minimum Gasteiger partial charge on any atom is -0.335 e. The highest BCUT2D eigenvalue weighted by atomic mass is 32.1. The number of carbonyl (C=O) groups excluding carboxylic acids is 2. The first-order valence-electron chi connectivity index (χ1n) is 8.12. The van der Waals surface area contributed by atoms with Gasteiger partial charge in [-0.25, -0.2) is 4.98 Å². The molecule has 2 amide bonds. The summed E-state index contributed by atoms with van der Waals surface area (Å²) in [5.74, 6) is -0.726. The zero-order chi connectivity index (χ0) is 20.4. The van der Waals surface area contributed by atoms with Gasteiger partial charge in [0.25, 0.3) is 0 Å². The van der Waals surface area contributed by atoms with E-state index in [0.717, 1.165) is 23.5 Å². The number of nitrogens with zero attached hydrogens (tertiary/aromatic N) is 2. The van der Waals surface area contributed by atoms with Gasteiger partial charge in [-0.15, -0.1) is 0 Å². The molecule has 0 fully saturated rings. The molecule has 0 saturated heterocycles. The number of hydrogen-bond donors (Lipinski definition) is 2. The van der Waals surface area contributed by atoms with Crippen LogP contribution < -0.4 is 10.6 Å². The van der Waals surface area contributed by atoms with Gasteiger partial charge in [-0.1, -0.05) is 11.3 Å². The van der Waals surface area contributed by atoms with Crippen molar-refractivity contribution in [3.05, 3.63) is 23.8 Å². The second-order valence-electron chi connectivity index (χ2n) is 7.10. The van der Waals surface area contributed by atoms with E-state index in [1.54, 1.807) is 0 Å². The Kier molecular flexibility index (Phi) is 6.10. The van der Waals surface area contributed by atoms with Crippen molar-refractivity contribution in [1.82, 2.24) is 15.2 Å². The smallest absolute Gasteiger partial charge is 0.335 e. The number of nitrogens with one attached hydrogen (secondary N) is 2. The molecule has 27 heavy (non-hydrogen) atoms. The Balaban J connectivity index is 1.98. The van der Waals surface area contributed by atoms with Crippen molar-refractivity contribution in [2.24, 2.45) is 0 Å². The van der Waals surface area contributed by atoms with E-state index in [1.807, 2.05) is 20.8 Å². The predicted octanol–water partition coefficient (Wildman–Crippen LogP) is 3.10. The van der Waals surface area contributed by atoms with E-state index in [-0.39, 0.29) is 29.7 Å². The van der Waals surface area contributed by atoms with Crippen molar-refractivity contribution in [2.45, 2.75) is 32.5 Å². The van der Waals surface area contributed by atoms with Crippen LogP contribution in [0.3, 0.4) is 0 Å². The normalized spacial score (nSPS) is 12.3. The summed E-state index contributed by atoms with van der Waals surface area (Å²) in [6, 6.07) is 3.21. The first kappa shape index (κ1) is 21.1. The summed E-state index contributed by atoms with van der Waals surface area (Å²) in [5, 5.41) is 5.74. The lowest BCUT2D eigenvalue weighted by Gasteiger charge is -2.23. The Bertz CT molecular complexity index is 843. The molecule has 2 rings (SSSR count). The number of likely N-dealkylation sites (N-methyl/N-ethyl adjacent to an activating group) is 1. The Morgan fingerprint density at radius 1 is 1.22 bits per heavy atom. The van der Waals surface area contributed by atoms with Crippen molar-refractivity contribution >= 4 is 38.5 Å². The lowest BCUT2D eigenvalue weighted by Crippen LogP contribution is -2.45. The third-order valence-corrected chi connectivity index (χ3v) is 4.47. The number of hydrogen-bond acceptors (Lipinski definition) is 5. The third-order valence-electron chi connectivity index (χ3n) is 3.54. The predicted molar refractivity (Wildman–Crippen MR) is 98.6 cm³/mol. The van der Waals surface area contributed by atoms with Crippen LogP contribution in [0.5, 0.6) is 0 Å². The highest BCUT2D eigenvalue weighted by molar-refractivity contribution is 7.22. The number of fused-ring (bicyclic) bond motifs is 1. The molecule has 0 spiro atoms. The van der Waals surface area contributed by atoms with Gasteiger partial charge in [0, 0.05) is 12.6 Å². The van der Waals surface area contributed by atoms with Gasteiger partial charge in [0.05, 0.1) is 28.9 Å². The summed E-state index contributed by atoms with van der Waals surface area (Å²) < 4.78 is 38.6. The van der Waals surface area contributed by atoms with Gasteiger partial charge in [0.15, 0.2) is 5.13 Å². The first-order chi connectivity index (χ1) is 12.3. The van der Waals surface area contributed by atoms with Crippen LogP contribution in [0, 0.1) is 0 Å². The molecule has 0 radical (unpaired) electrons. The average molecular weight is 402 g/mol. The lowest BCUT2D eigenvalue weighted by atomic mass is 10.1. The molecule has 0 aliphatic rings. The van der Waals surface area contributed by atoms with E-state index in [4.69, 9.17) is 0 Å². The molecule has 148 valence electrons. The van der Waals surface area contributed by atoms with E-state index < -0.39 is 17.6 Å². The van der Waals surface area contributed by atoms with Gasteiger partial charge in [-0.05, 0) is 39.0 Å². The molecule has 0 atom stereocenters. The van der Waals surface area contributed by atoms with E-state index in [2.05, 4.69) is 15.6 Å². The molecule has 2 aromatic rings. The van der Waals surface area contributed by atoms with Crippen molar-refractivity contribution in [1.29, 1.82) is 0 Å². The standard InChI is InChI=1S/C17H21F3N4O2S/c1-16(2,3)21-8-14(26)24(4)9-13(25)23-15-22-11-6-5-10(17(18,19)20)7-12(11)27-15/h5-7,21H,8-9H2,1-4H3,(H,22,23,25). The fourth-order valence-corrected chi connectivity index (χ4v) is 3.01. The molecule has 0 aliphatic heterocycles. The number of benzene rings is 1. The van der Waals surface area contributed by atoms with Crippen molar-refractivity contribution < 1.29 is 22.8 Å². The Morgan fingerprint density at radius 3 is 2.48 bits per heavy atom. The van der Waals surface area contributed by atoms with Crippen LogP contribution in [-0.4, -0.2) is 47.4 Å². The van der Waals surface area contributed by atoms with Crippen LogP contribution >= 0.6 is 11.3 Å². The molecule has 6 nitrogen and oxygen atoms in total.